The van der Waals surface area contributed by atoms with Crippen LogP contribution in [0.2, 0.25) is 0 Å². The van der Waals surface area contributed by atoms with Gasteiger partial charge in [-0.15, -0.1) is 0 Å². The molecule has 0 aliphatic carbocycles. The fourth-order valence-electron chi connectivity index (χ4n) is 2.60. The summed E-state index contributed by atoms with van der Waals surface area (Å²) >= 11 is 0. The maximum atomic E-state index is 12.7. The molecule has 1 fully saturated rings. The highest BCUT2D eigenvalue weighted by Crippen LogP contribution is 2.28. The summed E-state index contributed by atoms with van der Waals surface area (Å²) in [5.41, 5.74) is 5.35. The van der Waals surface area contributed by atoms with Gasteiger partial charge in [-0.3, -0.25) is 4.79 Å². The van der Waals surface area contributed by atoms with Crippen LogP contribution in [0.1, 0.15) is 36.5 Å². The number of amides is 1. The lowest BCUT2D eigenvalue weighted by atomic mass is 10.1. The van der Waals surface area contributed by atoms with Crippen LogP contribution in [0.5, 0.6) is 5.75 Å². The normalized spacial score (nSPS) is 20.2. The summed E-state index contributed by atoms with van der Waals surface area (Å²) in [7, 11) is -2.22. The summed E-state index contributed by atoms with van der Waals surface area (Å²) in [5.74, 6) is -0.441. The van der Waals surface area contributed by atoms with Crippen molar-refractivity contribution in [3.63, 3.8) is 0 Å². The first kappa shape index (κ1) is 15.8. The molecule has 1 saturated heterocycles. The number of methoxy groups -OCH3 is 1. The molecule has 1 atom stereocenters. The summed E-state index contributed by atoms with van der Waals surface area (Å²) in [6.45, 7) is 2.40. The van der Waals surface area contributed by atoms with E-state index in [1.54, 1.807) is 0 Å². The van der Waals surface area contributed by atoms with E-state index in [1.807, 2.05) is 6.92 Å². The number of carbonyl (C=O) groups excluding carboxylic acids is 1. The Kier molecular flexibility index (Phi) is 4.53. The average molecular weight is 312 g/mol. The van der Waals surface area contributed by atoms with Crippen molar-refractivity contribution in [2.45, 2.75) is 37.1 Å². The lowest BCUT2D eigenvalue weighted by molar-refractivity contribution is 0.0997. The minimum absolute atomic E-state index is 0.0390. The van der Waals surface area contributed by atoms with E-state index in [9.17, 15) is 13.2 Å². The first-order valence-corrected chi connectivity index (χ1v) is 8.31. The van der Waals surface area contributed by atoms with E-state index in [0.29, 0.717) is 6.54 Å². The first-order chi connectivity index (χ1) is 9.87. The monoisotopic (exact) mass is 312 g/mol. The van der Waals surface area contributed by atoms with Crippen molar-refractivity contribution >= 4 is 15.9 Å². The second kappa shape index (κ2) is 6.03. The number of carbonyl (C=O) groups is 1. The second-order valence-corrected chi connectivity index (χ2v) is 7.08. The minimum atomic E-state index is -3.62. The molecular formula is C14H20N2O4S. The van der Waals surface area contributed by atoms with Crippen molar-refractivity contribution in [1.82, 2.24) is 4.31 Å². The zero-order valence-corrected chi connectivity index (χ0v) is 13.0. The van der Waals surface area contributed by atoms with E-state index in [0.717, 1.165) is 19.3 Å². The number of sulfonamides is 1. The molecule has 0 bridgehead atoms. The van der Waals surface area contributed by atoms with Crippen LogP contribution < -0.4 is 10.5 Å². The highest BCUT2D eigenvalue weighted by atomic mass is 32.2. The number of ether oxygens (including phenoxy) is 1. The Hall–Kier alpha value is -1.60. The minimum Gasteiger partial charge on any atom is -0.496 e. The van der Waals surface area contributed by atoms with Crippen LogP contribution in [-0.4, -0.2) is 38.3 Å². The number of hydrogen-bond acceptors (Lipinski definition) is 4. The van der Waals surface area contributed by atoms with Crippen molar-refractivity contribution in [3.8, 4) is 5.75 Å². The van der Waals surface area contributed by atoms with E-state index in [2.05, 4.69) is 0 Å². The van der Waals surface area contributed by atoms with E-state index in [-0.39, 0.29) is 22.3 Å². The van der Waals surface area contributed by atoms with Gasteiger partial charge in [-0.1, -0.05) is 6.42 Å². The van der Waals surface area contributed by atoms with Gasteiger partial charge in [0.15, 0.2) is 0 Å². The number of piperidine rings is 1. The highest BCUT2D eigenvalue weighted by molar-refractivity contribution is 7.89. The maximum Gasteiger partial charge on any atom is 0.252 e. The van der Waals surface area contributed by atoms with Crippen LogP contribution in [0.15, 0.2) is 23.1 Å². The summed E-state index contributed by atoms with van der Waals surface area (Å²) in [6, 6.07) is 4.16. The lowest BCUT2D eigenvalue weighted by Crippen LogP contribution is -2.41. The van der Waals surface area contributed by atoms with Gasteiger partial charge in [0.05, 0.1) is 17.6 Å². The molecule has 2 N–H and O–H groups in total. The highest BCUT2D eigenvalue weighted by Gasteiger charge is 2.31. The third-order valence-electron chi connectivity index (χ3n) is 3.79. The van der Waals surface area contributed by atoms with E-state index < -0.39 is 15.9 Å². The van der Waals surface area contributed by atoms with Crippen molar-refractivity contribution in [2.24, 2.45) is 5.73 Å². The summed E-state index contributed by atoms with van der Waals surface area (Å²) in [4.78, 5) is 11.5. The Morgan fingerprint density at radius 2 is 2.10 bits per heavy atom. The van der Waals surface area contributed by atoms with Gasteiger partial charge in [0.2, 0.25) is 10.0 Å². The smallest absolute Gasteiger partial charge is 0.252 e. The SMILES string of the molecule is COc1ccc(S(=O)(=O)N2CCCCC2C)cc1C(N)=O. The fourth-order valence-corrected chi connectivity index (χ4v) is 4.33. The average Bonchev–Trinajstić information content (AvgIpc) is 2.46. The number of nitrogens with two attached hydrogens (primary N) is 1. The Morgan fingerprint density at radius 3 is 2.67 bits per heavy atom. The van der Waals surface area contributed by atoms with Crippen molar-refractivity contribution in [3.05, 3.63) is 23.8 Å². The molecule has 1 aliphatic rings. The molecule has 0 radical (unpaired) electrons. The van der Waals surface area contributed by atoms with Gasteiger partial charge in [-0.25, -0.2) is 8.42 Å². The molecule has 1 aromatic rings. The predicted octanol–water partition coefficient (Wildman–Crippen LogP) is 1.36. The third kappa shape index (κ3) is 3.03. The topological polar surface area (TPSA) is 89.7 Å². The molecule has 7 heteroatoms. The van der Waals surface area contributed by atoms with Gasteiger partial charge in [0, 0.05) is 12.6 Å². The van der Waals surface area contributed by atoms with Gasteiger partial charge < -0.3 is 10.5 Å². The van der Waals surface area contributed by atoms with Gasteiger partial charge in [0.25, 0.3) is 5.91 Å². The molecule has 1 amide bonds. The third-order valence-corrected chi connectivity index (χ3v) is 5.79. The number of primary amides is 1. The van der Waals surface area contributed by atoms with Crippen LogP contribution in [0.25, 0.3) is 0 Å². The number of hydrogen-bond donors (Lipinski definition) is 1. The molecule has 2 rings (SSSR count). The Balaban J connectivity index is 2.45. The predicted molar refractivity (Wildman–Crippen MR) is 78.7 cm³/mol. The van der Waals surface area contributed by atoms with Crippen molar-refractivity contribution in [1.29, 1.82) is 0 Å². The molecule has 1 aliphatic heterocycles. The molecule has 0 aromatic heterocycles. The van der Waals surface area contributed by atoms with Gasteiger partial charge in [-0.2, -0.15) is 4.31 Å². The molecule has 1 unspecified atom stereocenters. The molecule has 116 valence electrons. The summed E-state index contributed by atoms with van der Waals surface area (Å²) in [6.07, 6.45) is 2.72. The van der Waals surface area contributed by atoms with E-state index in [4.69, 9.17) is 10.5 Å². The zero-order chi connectivity index (χ0) is 15.6. The molecule has 1 aromatic carbocycles. The molecule has 21 heavy (non-hydrogen) atoms. The molecule has 0 saturated carbocycles. The van der Waals surface area contributed by atoms with Crippen molar-refractivity contribution in [2.75, 3.05) is 13.7 Å². The Labute approximate surface area is 124 Å². The van der Waals surface area contributed by atoms with Crippen LogP contribution >= 0.6 is 0 Å². The molecule has 1 heterocycles. The van der Waals surface area contributed by atoms with Crippen LogP contribution in [0.3, 0.4) is 0 Å². The van der Waals surface area contributed by atoms with Crippen molar-refractivity contribution < 1.29 is 17.9 Å². The van der Waals surface area contributed by atoms with Crippen LogP contribution in [-0.2, 0) is 10.0 Å². The Bertz CT molecular complexity index is 642. The lowest BCUT2D eigenvalue weighted by Gasteiger charge is -2.32. The van der Waals surface area contributed by atoms with Gasteiger partial charge in [-0.05, 0) is 38.0 Å². The second-order valence-electron chi connectivity index (χ2n) is 5.19. The van der Waals surface area contributed by atoms with E-state index in [1.165, 1.54) is 29.6 Å². The largest absolute Gasteiger partial charge is 0.496 e. The quantitative estimate of drug-likeness (QED) is 0.909. The molecular weight excluding hydrogens is 292 g/mol. The molecule has 6 nitrogen and oxygen atoms in total. The molecule has 0 spiro atoms. The summed E-state index contributed by atoms with van der Waals surface area (Å²) in [5, 5.41) is 0. The maximum absolute atomic E-state index is 12.7. The van der Waals surface area contributed by atoms with E-state index >= 15 is 0 Å². The van der Waals surface area contributed by atoms with Crippen LogP contribution in [0, 0.1) is 0 Å². The fraction of sp³-hybridized carbons (Fsp3) is 0.500. The summed E-state index contributed by atoms with van der Waals surface area (Å²) < 4.78 is 31.9. The zero-order valence-electron chi connectivity index (χ0n) is 12.2. The Morgan fingerprint density at radius 1 is 1.38 bits per heavy atom. The van der Waals surface area contributed by atoms with Crippen LogP contribution in [0.4, 0.5) is 0 Å². The van der Waals surface area contributed by atoms with Gasteiger partial charge in [0.1, 0.15) is 5.75 Å². The first-order valence-electron chi connectivity index (χ1n) is 6.87. The number of rotatable bonds is 4. The van der Waals surface area contributed by atoms with Gasteiger partial charge >= 0.3 is 0 Å². The number of benzene rings is 1. The number of nitrogens with zero attached hydrogens (tertiary/aromatic N) is 1. The standard InChI is InChI=1S/C14H20N2O4S/c1-10-5-3-4-8-16(10)21(18,19)11-6-7-13(20-2)12(9-11)14(15)17/h6-7,9-10H,3-5,8H2,1-2H3,(H2,15,17).